The third-order valence-corrected chi connectivity index (χ3v) is 31.1. The minimum atomic E-state index is -0.947. The number of aryl methyl sites for hydroxylation is 12. The Morgan fingerprint density at radius 3 is 0.585 bits per heavy atom. The Bertz CT molecular complexity index is 10300. The van der Waals surface area contributed by atoms with Gasteiger partial charge in [-0.25, -0.2) is 0 Å². The van der Waals surface area contributed by atoms with Gasteiger partial charge >= 0.3 is 17.7 Å². The van der Waals surface area contributed by atoms with Gasteiger partial charge in [-0.15, -0.1) is 27.5 Å². The summed E-state index contributed by atoms with van der Waals surface area (Å²) < 4.78 is 28.4. The highest BCUT2D eigenvalue weighted by Gasteiger charge is 2.74. The monoisotopic (exact) mass is 1740 g/mol. The van der Waals surface area contributed by atoms with Crippen molar-refractivity contribution in [3.05, 3.63) is 385 Å². The lowest BCUT2D eigenvalue weighted by atomic mass is 10.0. The van der Waals surface area contributed by atoms with Gasteiger partial charge < -0.3 is 0 Å². The third-order valence-electron chi connectivity index (χ3n) is 31.1. The fraction of sp³-hybridized carbons (Fsp3) is 0.135. The van der Waals surface area contributed by atoms with E-state index in [1.54, 1.807) is 0 Å². The van der Waals surface area contributed by atoms with Crippen LogP contribution in [0.25, 0.3) is 64.6 Å². The lowest BCUT2D eigenvalue weighted by Gasteiger charge is -2.40. The lowest BCUT2D eigenvalue weighted by molar-refractivity contribution is -0.791. The normalized spacial score (nSPS) is 20.1. The molecule has 0 saturated carbocycles. The third kappa shape index (κ3) is 7.56. The van der Waals surface area contributed by atoms with Crippen LogP contribution in [0.15, 0.2) is 278 Å². The molecule has 0 saturated heterocycles. The van der Waals surface area contributed by atoms with Crippen LogP contribution in [0.5, 0.6) is 0 Å². The number of rotatable bonds is 0. The van der Waals surface area contributed by atoms with Gasteiger partial charge in [0, 0.05) is 64.6 Å². The second-order valence-electron chi connectivity index (χ2n) is 39.5. The molecule has 0 radical (unpaired) electrons. The van der Waals surface area contributed by atoms with Gasteiger partial charge in [-0.1, -0.05) is 199 Å². The summed E-state index contributed by atoms with van der Waals surface area (Å²) in [6, 6.07) is 79.8. The van der Waals surface area contributed by atoms with Gasteiger partial charge in [0.25, 0.3) is 70.0 Å². The van der Waals surface area contributed by atoms with Gasteiger partial charge in [0.05, 0.1) is 66.8 Å². The van der Waals surface area contributed by atoms with E-state index < -0.39 is 17.7 Å². The number of aromatic nitrogens is 6. The number of fused-ring (bicyclic) bond motifs is 36. The van der Waals surface area contributed by atoms with Gasteiger partial charge in [-0.3, -0.25) is 0 Å². The van der Waals surface area contributed by atoms with E-state index in [1.165, 1.54) is 66.8 Å². The molecule has 135 heavy (non-hydrogen) atoms. The van der Waals surface area contributed by atoms with Crippen LogP contribution in [0.1, 0.15) is 134 Å². The lowest BCUT2D eigenvalue weighted by Crippen LogP contribution is -2.71. The predicted octanol–water partition coefficient (Wildman–Crippen LogP) is 14.8. The minimum Gasteiger partial charge on any atom is -0.192 e. The van der Waals surface area contributed by atoms with Crippen molar-refractivity contribution in [1.82, 2.24) is 27.4 Å². The van der Waals surface area contributed by atoms with Crippen molar-refractivity contribution in [3.63, 3.8) is 0 Å². The molecule has 24 nitrogen and oxygen atoms in total. The fourth-order valence-electron chi connectivity index (χ4n) is 25.6. The zero-order valence-electron chi connectivity index (χ0n) is 75.0. The van der Waals surface area contributed by atoms with Crippen molar-refractivity contribution in [2.45, 2.75) is 101 Å². The van der Waals surface area contributed by atoms with Gasteiger partial charge in [0.2, 0.25) is 67.8 Å². The molecule has 0 N–H and O–H groups in total. The second kappa shape index (κ2) is 22.3. The Balaban J connectivity index is 0.0000000896. The van der Waals surface area contributed by atoms with Crippen LogP contribution >= 0.6 is 0 Å². The van der Waals surface area contributed by atoms with E-state index >= 15 is 0 Å². The maximum atomic E-state index is 5.53. The Hall–Kier alpha value is -17.3. The van der Waals surface area contributed by atoms with E-state index in [1.807, 2.05) is 0 Å². The first-order valence-corrected chi connectivity index (χ1v) is 46.3. The molecule has 0 amide bonds. The van der Waals surface area contributed by atoms with E-state index in [2.05, 4.69) is 356 Å². The molecule has 36 rings (SSSR count). The van der Waals surface area contributed by atoms with Crippen molar-refractivity contribution in [3.8, 4) is 0 Å². The topological polar surface area (TPSA) is 196 Å². The Kier molecular flexibility index (Phi) is 11.7. The molecule has 3 unspecified atom stereocenters. The average molecular weight is 1740 g/mol. The van der Waals surface area contributed by atoms with Crippen molar-refractivity contribution < 1.29 is 27.5 Å². The molecule has 18 aliphatic rings. The molecular weight excluding hydrogens is 1670 g/mol. The summed E-state index contributed by atoms with van der Waals surface area (Å²) >= 11 is 0. The molecule has 0 bridgehead atoms. The maximum absolute atomic E-state index is 5.53. The Morgan fingerprint density at radius 2 is 0.333 bits per heavy atom. The summed E-state index contributed by atoms with van der Waals surface area (Å²) in [5.41, 5.74) is 32.9. The number of hydrogen-bond acceptors (Lipinski definition) is 12. The molecule has 0 aliphatic carbocycles. The molecule has 6 aromatic heterocycles. The molecule has 3 spiro atoms. The highest BCUT2D eigenvalue weighted by Crippen LogP contribution is 2.58. The Morgan fingerprint density at radius 1 is 0.156 bits per heavy atom. The van der Waals surface area contributed by atoms with Crippen molar-refractivity contribution >= 4 is 170 Å². The largest absolute Gasteiger partial charge is 0.404 e. The summed E-state index contributed by atoms with van der Waals surface area (Å²) in [6.45, 7) is 25.8. The zero-order chi connectivity index (χ0) is 89.0. The summed E-state index contributed by atoms with van der Waals surface area (Å²) in [5, 5.41) is 13.2. The van der Waals surface area contributed by atoms with E-state index in [-0.39, 0.29) is 0 Å². The standard InChI is InChI=1S/3C37H24N8/c1-17-5-9-21-25(13-17)33-39-31-23-11-7-18(2)14-26(23)34-40-32-24-12-8-20(4)16-28(24)36-41-35-27-15-19(3)6-10-22(27)30-38-29(21)42(33)37(43(30)35,44(31)34)45(32)36;1-17-5-9-21-25(13-17)33-38-30-22-10-6-18(2)14-26(22)35-40-32-24-12-8-20(4)16-28(24)36-41-31-23-11-7-19(3)15-27(23)34-39-29(21)42(33)37(43(30)35,44(31)34)45(32)36;1-17-5-9-21-25(13-17)33-39-31-23-11-7-19(3)15-27(23)35-41-36-28-16-20(4)8-12-24(28)32-40-34-26-14-18(2)6-10-22(26)30-38-29(21)42(33)37(43(30)34,44(31)35)45(32)36/h3*5-16H,1-4H3/q3*+2. The SMILES string of the molecule is Cc1ccc2c(c1)C1=Nc3c4ccc(C)cc4c4n3C35n6c(c7ccc(C)cc7c6=NC2=[N+]13)=NC1=[N+]5C(=N4)c2ccc(C)cc21.Cc1ccc2c(c1)C1=Nc3c4ccc(C)cc4c4n3C35n6c(c7ccc(C)cc7c6=NC6=[N+]3C(=N4)c3cc(C)ccc36)=NC2=[N+]15.Cc1ccc2c(c1)C1=Nc3c4ccc(C)cc4c4n3C35n6c(c7ccc(C)cc7c6=NC6=[N+]3C(=N4)c3ccc(C)cc36)=NC2=[N+]15. The summed E-state index contributed by atoms with van der Waals surface area (Å²) in [6.07, 6.45) is 0. The zero-order valence-corrected chi connectivity index (χ0v) is 75.0. The van der Waals surface area contributed by atoms with Gasteiger partial charge in [-0.2, -0.15) is 27.4 Å². The van der Waals surface area contributed by atoms with E-state index in [0.29, 0.717) is 0 Å². The van der Waals surface area contributed by atoms with Gasteiger partial charge in [0.15, 0.2) is 0 Å². The minimum absolute atomic E-state index is 0.906. The van der Waals surface area contributed by atoms with E-state index in [0.717, 1.165) is 269 Å². The molecule has 3 atom stereocenters. The predicted molar refractivity (Wildman–Crippen MR) is 518 cm³/mol. The molecule has 18 aliphatic heterocycles. The van der Waals surface area contributed by atoms with Crippen LogP contribution in [-0.4, -0.2) is 125 Å². The maximum Gasteiger partial charge on any atom is 0.404 e. The van der Waals surface area contributed by atoms with Crippen LogP contribution in [0, 0.1) is 83.1 Å². The number of hydrogen-bond donors (Lipinski definition) is 0. The molecule has 18 aromatic rings. The van der Waals surface area contributed by atoms with Crippen molar-refractivity contribution in [2.75, 3.05) is 0 Å². The highest BCUT2D eigenvalue weighted by atomic mass is 15.7. The molecular formula is C111H72N24+6. The number of nitrogens with zero attached hydrogens (tertiary/aromatic N) is 24. The van der Waals surface area contributed by atoms with Gasteiger partial charge in [0.1, 0.15) is 0 Å². The average Bonchev–Trinajstić information content (AvgIpc) is 1.47. The van der Waals surface area contributed by atoms with Crippen LogP contribution in [-0.2, 0) is 17.7 Å². The van der Waals surface area contributed by atoms with E-state index in [9.17, 15) is 0 Å². The molecule has 12 aromatic carbocycles. The highest BCUT2D eigenvalue weighted by molar-refractivity contribution is 6.25. The number of benzene rings is 12. The van der Waals surface area contributed by atoms with Crippen LogP contribution < -0.4 is 32.9 Å². The smallest absolute Gasteiger partial charge is 0.192 e. The quantitative estimate of drug-likeness (QED) is 0.130. The summed E-state index contributed by atoms with van der Waals surface area (Å²) in [4.78, 5) is 66.2. The molecule has 24 heterocycles. The first-order valence-electron chi connectivity index (χ1n) is 46.3. The van der Waals surface area contributed by atoms with Crippen molar-refractivity contribution in [2.24, 2.45) is 59.9 Å². The number of amidine groups is 12. The van der Waals surface area contributed by atoms with Crippen LogP contribution in [0.3, 0.4) is 0 Å². The molecule has 630 valence electrons. The first kappa shape index (κ1) is 70.6. The van der Waals surface area contributed by atoms with E-state index in [4.69, 9.17) is 59.9 Å². The second-order valence-corrected chi connectivity index (χ2v) is 39.5. The molecule has 24 heteroatoms. The molecule has 0 fully saturated rings. The first-order chi connectivity index (χ1) is 65.8. The van der Waals surface area contributed by atoms with Crippen molar-refractivity contribution in [1.29, 1.82) is 0 Å². The van der Waals surface area contributed by atoms with Gasteiger partial charge in [-0.05, 0) is 229 Å². The summed E-state index contributed by atoms with van der Waals surface area (Å²) in [5.74, 6) is 13.5. The number of aliphatic imine (C=N–C) groups is 6. The van der Waals surface area contributed by atoms with Crippen LogP contribution in [0.2, 0.25) is 0 Å². The summed E-state index contributed by atoms with van der Waals surface area (Å²) in [7, 11) is 0. The Labute approximate surface area is 765 Å². The fourth-order valence-corrected chi connectivity index (χ4v) is 25.6. The van der Waals surface area contributed by atoms with Crippen LogP contribution in [0.4, 0.5) is 34.9 Å².